The summed E-state index contributed by atoms with van der Waals surface area (Å²) in [6.07, 6.45) is 0.693. The molecule has 9 N–H and O–H groups in total. The number of nitrogens with one attached hydrogen (secondary N) is 3. The minimum absolute atomic E-state index is 0.00214. The number of thiazole rings is 1. The molecule has 2 aromatic heterocycles. The highest BCUT2D eigenvalue weighted by atomic mass is 32.2. The summed E-state index contributed by atoms with van der Waals surface area (Å²) < 4.78 is 33.2. The SMILES string of the molecule is Nc1nc(/C(=N/OCC(=O)O)C(=O)N[C@@H]2C(=O)N(S(=O)(=O)O)[C@@H]2CNC(=O)NCc2cc(=O)c(O)cn2O)cs1. The number of urea groups is 1. The summed E-state index contributed by atoms with van der Waals surface area (Å²) in [6.45, 7) is -2.01. The Labute approximate surface area is 226 Å². The largest absolute Gasteiger partial charge is 0.503 e. The van der Waals surface area contributed by atoms with Crippen LogP contribution in [0.2, 0.25) is 0 Å². The van der Waals surface area contributed by atoms with Crippen LogP contribution in [0.1, 0.15) is 11.4 Å². The number of carboxylic acid groups (broad SMARTS) is 1. The molecule has 40 heavy (non-hydrogen) atoms. The van der Waals surface area contributed by atoms with Crippen molar-refractivity contribution in [3.63, 3.8) is 0 Å². The lowest BCUT2D eigenvalue weighted by Crippen LogP contribution is -2.74. The maximum Gasteiger partial charge on any atom is 0.362 e. The summed E-state index contributed by atoms with van der Waals surface area (Å²) in [4.78, 5) is 68.1. The number of carboxylic acids is 1. The first kappa shape index (κ1) is 29.6. The Morgan fingerprint density at radius 2 is 1.95 bits per heavy atom. The van der Waals surface area contributed by atoms with E-state index in [2.05, 4.69) is 30.9 Å². The van der Waals surface area contributed by atoms with Gasteiger partial charge in [-0.25, -0.2) is 18.9 Å². The van der Waals surface area contributed by atoms with E-state index in [1.807, 2.05) is 0 Å². The van der Waals surface area contributed by atoms with Crippen molar-refractivity contribution in [3.8, 4) is 5.75 Å². The van der Waals surface area contributed by atoms with Crippen LogP contribution < -0.4 is 27.1 Å². The van der Waals surface area contributed by atoms with Crippen LogP contribution in [-0.2, 0) is 36.1 Å². The molecule has 1 aliphatic rings. The zero-order valence-corrected chi connectivity index (χ0v) is 21.4. The molecule has 0 aliphatic carbocycles. The molecule has 1 fully saturated rings. The quantitative estimate of drug-likeness (QED) is 0.0408. The Hall–Kier alpha value is -4.96. The maximum atomic E-state index is 12.9. The predicted octanol–water partition coefficient (Wildman–Crippen LogP) is -3.37. The van der Waals surface area contributed by atoms with Gasteiger partial charge >= 0.3 is 22.3 Å². The van der Waals surface area contributed by atoms with Crippen LogP contribution in [0.4, 0.5) is 9.93 Å². The monoisotopic (exact) mass is 604 g/mol. The lowest BCUT2D eigenvalue weighted by molar-refractivity contribution is -0.144. The van der Waals surface area contributed by atoms with E-state index in [0.29, 0.717) is 10.9 Å². The summed E-state index contributed by atoms with van der Waals surface area (Å²) in [6, 6.07) is -3.32. The second kappa shape index (κ2) is 11.8. The fourth-order valence-corrected chi connectivity index (χ4v) is 4.67. The Morgan fingerprint density at radius 3 is 2.55 bits per heavy atom. The number of carbonyl (C=O) groups excluding carboxylic acids is 3. The van der Waals surface area contributed by atoms with Crippen LogP contribution in [0.3, 0.4) is 0 Å². The van der Waals surface area contributed by atoms with Crippen molar-refractivity contribution in [2.75, 3.05) is 18.9 Å². The number of aliphatic carboxylic acids is 1. The van der Waals surface area contributed by atoms with Gasteiger partial charge in [0.15, 0.2) is 16.6 Å². The Morgan fingerprint density at radius 1 is 1.25 bits per heavy atom. The van der Waals surface area contributed by atoms with Gasteiger partial charge in [0.1, 0.15) is 11.7 Å². The number of amides is 4. The summed E-state index contributed by atoms with van der Waals surface area (Å²) in [5.74, 6) is -4.60. The van der Waals surface area contributed by atoms with E-state index in [4.69, 9.17) is 10.8 Å². The lowest BCUT2D eigenvalue weighted by atomic mass is 9.98. The number of hydrogen-bond donors (Lipinski definition) is 8. The van der Waals surface area contributed by atoms with Crippen LogP contribution in [-0.4, -0.2) is 97.2 Å². The fraction of sp³-hybridized carbons (Fsp3) is 0.278. The summed E-state index contributed by atoms with van der Waals surface area (Å²) in [7, 11) is -5.12. The van der Waals surface area contributed by atoms with Gasteiger partial charge in [0.25, 0.3) is 11.8 Å². The summed E-state index contributed by atoms with van der Waals surface area (Å²) in [5, 5.41) is 38.9. The number of oxime groups is 1. The molecule has 3 rings (SSSR count). The first-order chi connectivity index (χ1) is 18.7. The van der Waals surface area contributed by atoms with Crippen molar-refractivity contribution in [1.82, 2.24) is 30.0 Å². The van der Waals surface area contributed by atoms with Crippen molar-refractivity contribution in [2.24, 2.45) is 5.16 Å². The number of aromatic hydroxyl groups is 1. The van der Waals surface area contributed by atoms with Gasteiger partial charge in [-0.3, -0.25) is 18.9 Å². The molecule has 0 spiro atoms. The third kappa shape index (κ3) is 6.91. The Balaban J connectivity index is 1.71. The van der Waals surface area contributed by atoms with Gasteiger partial charge < -0.3 is 41.9 Å². The standard InChI is InChI=1S/C18H20N8O12S2/c19-17-22-8(6-39-17)13(24-38-5-12(29)30)15(31)23-14-9(26(16(14)32)40(35,36)37)3-21-18(33)20-2-7-1-10(27)11(28)4-25(7)34/h1,4,6,9,14,28,34H,2-3,5H2,(H2,19,22)(H,23,31)(H,29,30)(H2,20,21,33)(H,35,36,37)/b24-13-/t9-,14+/m1/s1. The topological polar surface area (TPSA) is 305 Å². The van der Waals surface area contributed by atoms with E-state index in [1.165, 1.54) is 5.38 Å². The summed E-state index contributed by atoms with van der Waals surface area (Å²) >= 11 is 0.895. The van der Waals surface area contributed by atoms with Gasteiger partial charge in [-0.1, -0.05) is 5.16 Å². The van der Waals surface area contributed by atoms with Crippen LogP contribution in [0.5, 0.6) is 5.75 Å². The average molecular weight is 605 g/mol. The molecule has 0 saturated carbocycles. The normalized spacial score (nSPS) is 17.1. The molecule has 0 aromatic carbocycles. The number of β-lactam (4-membered cyclic amide) rings is 1. The van der Waals surface area contributed by atoms with Crippen molar-refractivity contribution in [1.29, 1.82) is 0 Å². The molecule has 0 unspecified atom stereocenters. The minimum atomic E-state index is -5.12. The van der Waals surface area contributed by atoms with Crippen molar-refractivity contribution in [2.45, 2.75) is 18.6 Å². The number of aromatic nitrogens is 2. The second-order valence-corrected chi connectivity index (χ2v) is 9.91. The highest BCUT2D eigenvalue weighted by Crippen LogP contribution is 2.23. The van der Waals surface area contributed by atoms with E-state index in [1.54, 1.807) is 0 Å². The first-order valence-corrected chi connectivity index (χ1v) is 12.9. The Bertz CT molecular complexity index is 1540. The zero-order chi connectivity index (χ0) is 29.8. The van der Waals surface area contributed by atoms with Gasteiger partial charge in [0, 0.05) is 18.0 Å². The third-order valence-electron chi connectivity index (χ3n) is 5.02. The lowest BCUT2D eigenvalue weighted by Gasteiger charge is -2.44. The molecule has 2 atom stereocenters. The van der Waals surface area contributed by atoms with E-state index in [0.717, 1.165) is 17.4 Å². The molecule has 20 nitrogen and oxygen atoms in total. The van der Waals surface area contributed by atoms with Gasteiger partial charge in [-0.15, -0.1) is 11.3 Å². The highest BCUT2D eigenvalue weighted by molar-refractivity contribution is 7.84. The van der Waals surface area contributed by atoms with Gasteiger partial charge in [-0.2, -0.15) is 13.1 Å². The first-order valence-electron chi connectivity index (χ1n) is 10.6. The molecule has 3 heterocycles. The number of rotatable bonds is 11. The van der Waals surface area contributed by atoms with Gasteiger partial charge in [0.05, 0.1) is 24.5 Å². The third-order valence-corrected chi connectivity index (χ3v) is 6.64. The second-order valence-electron chi connectivity index (χ2n) is 7.73. The molecular formula is C18H20N8O12S2. The predicted molar refractivity (Wildman–Crippen MR) is 131 cm³/mol. The van der Waals surface area contributed by atoms with Gasteiger partial charge in [-0.05, 0) is 0 Å². The van der Waals surface area contributed by atoms with Crippen LogP contribution >= 0.6 is 11.3 Å². The molecule has 1 aliphatic heterocycles. The smallest absolute Gasteiger partial charge is 0.362 e. The number of nitrogens with two attached hydrogens (primary N) is 1. The fourth-order valence-electron chi connectivity index (χ4n) is 3.24. The highest BCUT2D eigenvalue weighted by Gasteiger charge is 2.54. The van der Waals surface area contributed by atoms with Crippen molar-refractivity contribution >= 4 is 56.3 Å². The van der Waals surface area contributed by atoms with Crippen LogP contribution in [0.15, 0.2) is 27.6 Å². The summed E-state index contributed by atoms with van der Waals surface area (Å²) in [5.41, 5.74) is 3.79. The molecular weight excluding hydrogens is 584 g/mol. The van der Waals surface area contributed by atoms with Crippen molar-refractivity contribution < 1.29 is 52.4 Å². The van der Waals surface area contributed by atoms with E-state index in [-0.39, 0.29) is 20.8 Å². The van der Waals surface area contributed by atoms with Crippen LogP contribution in [0.25, 0.3) is 0 Å². The molecule has 0 radical (unpaired) electrons. The van der Waals surface area contributed by atoms with Crippen molar-refractivity contribution in [3.05, 3.63) is 39.3 Å². The van der Waals surface area contributed by atoms with E-state index >= 15 is 0 Å². The van der Waals surface area contributed by atoms with E-state index in [9.17, 15) is 47.3 Å². The molecule has 4 amide bonds. The number of anilines is 1. The molecule has 22 heteroatoms. The number of hydrogen-bond acceptors (Lipinski definition) is 14. The maximum absolute atomic E-state index is 12.9. The van der Waals surface area contributed by atoms with Crippen LogP contribution in [0, 0.1) is 0 Å². The molecule has 0 bridgehead atoms. The molecule has 1 saturated heterocycles. The Kier molecular flexibility index (Phi) is 8.75. The number of nitrogen functional groups attached to an aromatic ring is 1. The molecule has 2 aromatic rings. The number of nitrogens with zero attached hydrogens (tertiary/aromatic N) is 4. The number of carbonyl (C=O) groups is 4. The van der Waals surface area contributed by atoms with E-state index < -0.39 is 82.8 Å². The minimum Gasteiger partial charge on any atom is -0.503 e. The number of pyridine rings is 1. The molecule has 216 valence electrons. The van der Waals surface area contributed by atoms with Gasteiger partial charge in [0.2, 0.25) is 12.0 Å². The average Bonchev–Trinajstić information content (AvgIpc) is 3.28. The zero-order valence-electron chi connectivity index (χ0n) is 19.7.